The van der Waals surface area contributed by atoms with E-state index in [-0.39, 0.29) is 24.2 Å². The quantitative estimate of drug-likeness (QED) is 0.336. The number of halogens is 2. The lowest BCUT2D eigenvalue weighted by atomic mass is 10.1. The Morgan fingerprint density at radius 3 is 2.59 bits per heavy atom. The summed E-state index contributed by atoms with van der Waals surface area (Å²) in [5, 5.41) is 9.03. The van der Waals surface area contributed by atoms with Gasteiger partial charge in [-0.25, -0.2) is 17.8 Å². The molecule has 1 amide bonds. The molecule has 0 unspecified atom stereocenters. The maximum atomic E-state index is 13.4. The molecule has 1 fully saturated rings. The normalized spacial score (nSPS) is 16.6. The first kappa shape index (κ1) is 27.2. The van der Waals surface area contributed by atoms with Crippen LogP contribution < -0.4 is 4.90 Å². The van der Waals surface area contributed by atoms with Crippen LogP contribution in [0.1, 0.15) is 28.8 Å². The van der Waals surface area contributed by atoms with E-state index in [1.165, 1.54) is 6.26 Å². The zero-order valence-corrected chi connectivity index (χ0v) is 23.3. The minimum Gasteiger partial charge on any atom is -0.329 e. The van der Waals surface area contributed by atoms with Gasteiger partial charge in [-0.3, -0.25) is 9.69 Å². The number of hydrogen-bond donors (Lipinski definition) is 0. The molecule has 0 saturated carbocycles. The largest absolute Gasteiger partial charge is 0.329 e. The molecule has 1 atom stereocenters. The highest BCUT2D eigenvalue weighted by Crippen LogP contribution is 2.27. The molecule has 1 aliphatic heterocycles. The first-order valence-electron chi connectivity index (χ1n) is 11.7. The van der Waals surface area contributed by atoms with Gasteiger partial charge in [0.2, 0.25) is 5.91 Å². The lowest BCUT2D eigenvalue weighted by molar-refractivity contribution is -0.122. The molecule has 37 heavy (non-hydrogen) atoms. The second-order valence-electron chi connectivity index (χ2n) is 9.25. The van der Waals surface area contributed by atoms with Crippen LogP contribution in [0.5, 0.6) is 0 Å². The number of nitriles is 1. The molecule has 3 aromatic rings. The van der Waals surface area contributed by atoms with Crippen LogP contribution in [0.2, 0.25) is 0 Å². The number of nitrogens with zero attached hydrogens (tertiary/aromatic N) is 5. The Morgan fingerprint density at radius 1 is 1.16 bits per heavy atom. The van der Waals surface area contributed by atoms with Crippen molar-refractivity contribution in [2.75, 3.05) is 30.0 Å². The van der Waals surface area contributed by atoms with E-state index in [0.717, 1.165) is 14.8 Å². The van der Waals surface area contributed by atoms with E-state index in [4.69, 9.17) is 5.26 Å². The molecule has 11 heteroatoms. The molecule has 0 aliphatic carbocycles. The lowest BCUT2D eigenvalue weighted by Crippen LogP contribution is -2.56. The molecule has 2 aromatic carbocycles. The van der Waals surface area contributed by atoms with Crippen LogP contribution in [0.3, 0.4) is 0 Å². The van der Waals surface area contributed by atoms with Crippen molar-refractivity contribution in [2.45, 2.75) is 32.2 Å². The van der Waals surface area contributed by atoms with Gasteiger partial charge in [-0.15, -0.1) is 0 Å². The summed E-state index contributed by atoms with van der Waals surface area (Å²) in [5.41, 5.74) is 3.61. The Morgan fingerprint density at radius 2 is 1.92 bits per heavy atom. The fourth-order valence-corrected chi connectivity index (χ4v) is 5.87. The number of rotatable bonds is 9. The Labute approximate surface area is 229 Å². The number of carbonyl (C=O) groups excluding carboxylic acids is 1. The van der Waals surface area contributed by atoms with E-state index in [2.05, 4.69) is 33.6 Å². The predicted octanol–water partition coefficient (Wildman–Crippen LogP) is 3.53. The smallest absolute Gasteiger partial charge is 0.241 e. The van der Waals surface area contributed by atoms with Gasteiger partial charge in [0.1, 0.15) is 16.5 Å². The number of aromatic nitrogens is 2. The van der Waals surface area contributed by atoms with E-state index >= 15 is 0 Å². The van der Waals surface area contributed by atoms with Crippen molar-refractivity contribution in [3.63, 3.8) is 0 Å². The maximum absolute atomic E-state index is 13.4. The molecule has 194 valence electrons. The summed E-state index contributed by atoms with van der Waals surface area (Å²) in [6.45, 7) is 0.763. The number of benzene rings is 2. The monoisotopic (exact) mass is 631 g/mol. The number of anilines is 1. The second-order valence-corrected chi connectivity index (χ2v) is 12.8. The van der Waals surface area contributed by atoms with Crippen molar-refractivity contribution >= 4 is 44.0 Å². The van der Waals surface area contributed by atoms with Crippen LogP contribution >= 0.6 is 22.6 Å². The number of sulfone groups is 1. The summed E-state index contributed by atoms with van der Waals surface area (Å²) in [6.07, 6.45) is 5.05. The van der Waals surface area contributed by atoms with Gasteiger partial charge in [0.15, 0.2) is 0 Å². The van der Waals surface area contributed by atoms with E-state index in [1.54, 1.807) is 41.7 Å². The number of amides is 1. The van der Waals surface area contributed by atoms with Gasteiger partial charge in [-0.2, -0.15) is 5.26 Å². The van der Waals surface area contributed by atoms with Crippen LogP contribution in [0.4, 0.5) is 10.1 Å². The van der Waals surface area contributed by atoms with Crippen LogP contribution in [0.25, 0.3) is 0 Å². The summed E-state index contributed by atoms with van der Waals surface area (Å²) in [5.74, 6) is -0.122. The van der Waals surface area contributed by atoms with E-state index < -0.39 is 16.5 Å². The molecule has 0 N–H and O–H groups in total. The number of hydrogen-bond acceptors (Lipinski definition) is 6. The van der Waals surface area contributed by atoms with Crippen LogP contribution in [-0.2, 0) is 34.4 Å². The van der Waals surface area contributed by atoms with Crippen molar-refractivity contribution < 1.29 is 17.6 Å². The fraction of sp³-hybridized carbons (Fsp3) is 0.346. The zero-order valence-electron chi connectivity index (χ0n) is 20.3. The second kappa shape index (κ2) is 11.7. The molecule has 1 saturated heterocycles. The van der Waals surface area contributed by atoms with Gasteiger partial charge in [0, 0.05) is 47.4 Å². The highest BCUT2D eigenvalue weighted by Gasteiger charge is 2.34. The van der Waals surface area contributed by atoms with Crippen molar-refractivity contribution in [1.29, 1.82) is 5.26 Å². The van der Waals surface area contributed by atoms with Crippen LogP contribution in [-0.4, -0.2) is 59.9 Å². The third-order valence-electron chi connectivity index (χ3n) is 6.38. The average molecular weight is 632 g/mol. The molecule has 2 heterocycles. The minimum atomic E-state index is -3.20. The van der Waals surface area contributed by atoms with Crippen molar-refractivity contribution in [1.82, 2.24) is 14.5 Å². The summed E-state index contributed by atoms with van der Waals surface area (Å²) in [7, 11) is -3.20. The molecule has 1 aromatic heterocycles. The van der Waals surface area contributed by atoms with Crippen LogP contribution in [0, 0.1) is 14.9 Å². The summed E-state index contributed by atoms with van der Waals surface area (Å²) in [6, 6.07) is 14.5. The third-order valence-corrected chi connectivity index (χ3v) is 7.98. The van der Waals surface area contributed by atoms with E-state index in [9.17, 15) is 17.6 Å². The standard InChI is InChI=1S/C26H27FIN5O3S/c1-37(35,36)7-6-23-16-33(24-9-21(11-27)8-22(28)10-24)26(34)17-31(23)15-25-13-30-18-32(25)14-20-4-2-19(12-29)3-5-20/h2-5,8-10,13,18,23H,6-7,11,14-17H2,1H3/t23-/m0/s1/i28-4. The number of carbonyl (C=O) groups is 1. The molecule has 4 rings (SSSR count). The van der Waals surface area contributed by atoms with Crippen molar-refractivity contribution in [3.05, 3.63) is 80.9 Å². The summed E-state index contributed by atoms with van der Waals surface area (Å²) >= 11 is 2.10. The van der Waals surface area contributed by atoms with Gasteiger partial charge in [0.25, 0.3) is 0 Å². The first-order chi connectivity index (χ1) is 17.6. The van der Waals surface area contributed by atoms with Gasteiger partial charge in [0.05, 0.1) is 36.0 Å². The van der Waals surface area contributed by atoms with Crippen LogP contribution in [0.15, 0.2) is 55.0 Å². The van der Waals surface area contributed by atoms with Crippen molar-refractivity contribution in [3.8, 4) is 6.07 Å². The topological polar surface area (TPSA) is 99.3 Å². The zero-order chi connectivity index (χ0) is 26.6. The molecular weight excluding hydrogens is 604 g/mol. The van der Waals surface area contributed by atoms with Gasteiger partial charge >= 0.3 is 0 Å². The molecule has 0 spiro atoms. The van der Waals surface area contributed by atoms with Gasteiger partial charge < -0.3 is 9.47 Å². The highest BCUT2D eigenvalue weighted by molar-refractivity contribution is 14.1. The Hall–Kier alpha value is -2.82. The summed E-state index contributed by atoms with van der Waals surface area (Å²) in [4.78, 5) is 21.2. The SMILES string of the molecule is CS(=O)(=O)CC[C@H]1CN(c2cc([123I])cc(CF)c2)C(=O)CN1Cc1cncn1Cc1ccc(C#N)cc1. The predicted molar refractivity (Wildman–Crippen MR) is 147 cm³/mol. The molecular formula is C26H27FIN5O3S. The van der Waals surface area contributed by atoms with E-state index in [1.807, 2.05) is 27.7 Å². The summed E-state index contributed by atoms with van der Waals surface area (Å²) < 4.78 is 40.1. The lowest BCUT2D eigenvalue weighted by Gasteiger charge is -2.41. The van der Waals surface area contributed by atoms with E-state index in [0.29, 0.717) is 42.9 Å². The molecule has 8 nitrogen and oxygen atoms in total. The Kier molecular flexibility index (Phi) is 8.61. The fourth-order valence-electron chi connectivity index (χ4n) is 4.45. The maximum Gasteiger partial charge on any atom is 0.241 e. The number of imidazole rings is 1. The Balaban J connectivity index is 1.56. The minimum absolute atomic E-state index is 0.00273. The number of alkyl halides is 1. The number of piperazine rings is 1. The van der Waals surface area contributed by atoms with Crippen molar-refractivity contribution in [2.24, 2.45) is 0 Å². The molecule has 0 radical (unpaired) electrons. The highest BCUT2D eigenvalue weighted by atomic mass is 123. The average Bonchev–Trinajstić information content (AvgIpc) is 3.29. The van der Waals surface area contributed by atoms with Gasteiger partial charge in [-0.1, -0.05) is 12.1 Å². The Bertz CT molecular complexity index is 1420. The van der Waals surface area contributed by atoms with Gasteiger partial charge in [-0.05, 0) is 70.5 Å². The third kappa shape index (κ3) is 7.15. The molecule has 0 bridgehead atoms. The molecule has 1 aliphatic rings. The first-order valence-corrected chi connectivity index (χ1v) is 14.8.